The first-order valence-electron chi connectivity index (χ1n) is 12.5. The number of nitriles is 2. The standard InChI is InChI=1S/C14H14N6O.C8H8N2.C6H4N2O.H4N2.H2O/c1-2-9-4-3-7-15-12(9)14-19-17-13(18-20-14)11-6-5-10(21)8-16-11;1-2-7-4-3-5-10-8(7)6-9;7-3-5-1-2-6(9)4-8-5;1-2;/h3-8,21H,2H2,1H3,(H,17,18)(H,19,20);3-5H,2H2,1H3;1-2,4,9H;1-2H2;1H2. The maximum atomic E-state index is 9.23. The molecule has 1 aliphatic heterocycles. The summed E-state index contributed by atoms with van der Waals surface area (Å²) in [5.74, 6) is 9.23. The first kappa shape index (κ1) is 35.0. The molecule has 1 aliphatic rings. The average molecular weight is 585 g/mol. The topological polar surface area (TPSA) is 272 Å². The number of aryl methyl sites for hydroxylation is 2. The van der Waals surface area contributed by atoms with E-state index in [4.69, 9.17) is 15.6 Å². The van der Waals surface area contributed by atoms with Crippen molar-refractivity contribution in [2.45, 2.75) is 26.7 Å². The Morgan fingerprint density at radius 2 is 1.30 bits per heavy atom. The maximum absolute atomic E-state index is 9.23. The zero-order valence-electron chi connectivity index (χ0n) is 23.5. The number of nitrogens with one attached hydrogen (secondary N) is 2. The first-order chi connectivity index (χ1) is 20.5. The van der Waals surface area contributed by atoms with E-state index < -0.39 is 0 Å². The van der Waals surface area contributed by atoms with Gasteiger partial charge in [-0.2, -0.15) is 20.7 Å². The lowest BCUT2D eigenvalue weighted by molar-refractivity contribution is 0.472. The van der Waals surface area contributed by atoms with Crippen LogP contribution in [0, 0.1) is 22.7 Å². The third-order valence-electron chi connectivity index (χ3n) is 5.27. The van der Waals surface area contributed by atoms with E-state index in [2.05, 4.69) is 59.6 Å². The molecule has 0 spiro atoms. The van der Waals surface area contributed by atoms with Gasteiger partial charge in [0, 0.05) is 12.4 Å². The molecule has 0 radical (unpaired) electrons. The van der Waals surface area contributed by atoms with Crippen LogP contribution < -0.4 is 22.5 Å². The fourth-order valence-electron chi connectivity index (χ4n) is 3.23. The quantitative estimate of drug-likeness (QED) is 0.145. The summed E-state index contributed by atoms with van der Waals surface area (Å²) in [5.41, 5.74) is 10.1. The lowest BCUT2D eigenvalue weighted by atomic mass is 10.1. The molecule has 0 aliphatic carbocycles. The predicted molar refractivity (Wildman–Crippen MR) is 160 cm³/mol. The van der Waals surface area contributed by atoms with Crippen molar-refractivity contribution in [3.05, 3.63) is 107 Å². The molecule has 0 saturated heterocycles. The van der Waals surface area contributed by atoms with Gasteiger partial charge >= 0.3 is 0 Å². The molecule has 4 aromatic heterocycles. The van der Waals surface area contributed by atoms with Gasteiger partial charge in [-0.05, 0) is 60.4 Å². The molecule has 5 rings (SSSR count). The minimum Gasteiger partial charge on any atom is -0.506 e. The molecule has 4 aromatic rings. The summed E-state index contributed by atoms with van der Waals surface area (Å²) < 4.78 is 0. The Morgan fingerprint density at radius 3 is 1.79 bits per heavy atom. The van der Waals surface area contributed by atoms with Gasteiger partial charge in [-0.1, -0.05) is 26.0 Å². The highest BCUT2D eigenvalue weighted by Crippen LogP contribution is 2.10. The van der Waals surface area contributed by atoms with E-state index in [0.29, 0.717) is 28.8 Å². The van der Waals surface area contributed by atoms with Crippen LogP contribution in [0.2, 0.25) is 0 Å². The normalized spacial score (nSPS) is 10.7. The molecule has 10 N–H and O–H groups in total. The van der Waals surface area contributed by atoms with E-state index in [9.17, 15) is 5.11 Å². The lowest BCUT2D eigenvalue weighted by Gasteiger charge is -2.15. The van der Waals surface area contributed by atoms with Crippen molar-refractivity contribution in [2.24, 2.45) is 21.9 Å². The number of hydrazone groups is 2. The second-order valence-electron chi connectivity index (χ2n) is 7.90. The molecule has 43 heavy (non-hydrogen) atoms. The van der Waals surface area contributed by atoms with Crippen molar-refractivity contribution >= 4 is 11.7 Å². The van der Waals surface area contributed by atoms with Gasteiger partial charge in [0.15, 0.2) is 11.7 Å². The summed E-state index contributed by atoms with van der Waals surface area (Å²) in [7, 11) is 0. The molecule has 15 heteroatoms. The van der Waals surface area contributed by atoms with Gasteiger partial charge in [0.25, 0.3) is 0 Å². The van der Waals surface area contributed by atoms with Crippen LogP contribution in [0.5, 0.6) is 11.5 Å². The van der Waals surface area contributed by atoms with Gasteiger partial charge in [-0.15, -0.1) is 0 Å². The molecule has 0 saturated carbocycles. The predicted octanol–water partition coefficient (Wildman–Crippen LogP) is 1.13. The maximum Gasteiger partial charge on any atom is 0.192 e. The van der Waals surface area contributed by atoms with Gasteiger partial charge < -0.3 is 15.7 Å². The minimum atomic E-state index is 0. The molecule has 0 amide bonds. The van der Waals surface area contributed by atoms with Crippen LogP contribution in [0.3, 0.4) is 0 Å². The van der Waals surface area contributed by atoms with E-state index in [1.807, 2.05) is 43.3 Å². The van der Waals surface area contributed by atoms with Crippen LogP contribution in [-0.4, -0.2) is 47.3 Å². The Morgan fingerprint density at radius 1 is 0.721 bits per heavy atom. The summed E-state index contributed by atoms with van der Waals surface area (Å²) in [4.78, 5) is 15.9. The first-order valence-corrected chi connectivity index (χ1v) is 12.5. The van der Waals surface area contributed by atoms with Gasteiger partial charge in [0.1, 0.15) is 46.4 Å². The summed E-state index contributed by atoms with van der Waals surface area (Å²) in [6.45, 7) is 4.07. The van der Waals surface area contributed by atoms with E-state index in [1.165, 1.54) is 24.5 Å². The Bertz CT molecular complexity index is 1560. The number of amidine groups is 2. The number of pyridine rings is 4. The molecule has 0 aromatic carbocycles. The monoisotopic (exact) mass is 584 g/mol. The van der Waals surface area contributed by atoms with Crippen LogP contribution >= 0.6 is 0 Å². The summed E-state index contributed by atoms with van der Waals surface area (Å²) in [6.07, 6.45) is 7.68. The number of aromatic hydroxyl groups is 2. The van der Waals surface area contributed by atoms with Crippen molar-refractivity contribution < 1.29 is 15.7 Å². The molecule has 0 atom stereocenters. The summed E-state index contributed by atoms with van der Waals surface area (Å²) >= 11 is 0. The molecule has 0 bridgehead atoms. The van der Waals surface area contributed by atoms with E-state index in [-0.39, 0.29) is 17.0 Å². The number of rotatable bonds is 4. The summed E-state index contributed by atoms with van der Waals surface area (Å²) in [5, 5.41) is 43.1. The van der Waals surface area contributed by atoms with Crippen molar-refractivity contribution in [1.29, 1.82) is 10.5 Å². The van der Waals surface area contributed by atoms with E-state index >= 15 is 0 Å². The van der Waals surface area contributed by atoms with Crippen LogP contribution in [0.25, 0.3) is 0 Å². The molecule has 0 unspecified atom stereocenters. The highest BCUT2D eigenvalue weighted by molar-refractivity contribution is 6.04. The number of hydrogen-bond donors (Lipinski definition) is 6. The third-order valence-corrected chi connectivity index (χ3v) is 5.27. The molecular formula is C28H32N12O3. The van der Waals surface area contributed by atoms with Gasteiger partial charge in [0.2, 0.25) is 0 Å². The van der Waals surface area contributed by atoms with Gasteiger partial charge in [-0.25, -0.2) is 15.0 Å². The summed E-state index contributed by atoms with van der Waals surface area (Å²) in [6, 6.07) is 17.6. The Hall–Kier alpha value is -6.00. The van der Waals surface area contributed by atoms with Crippen molar-refractivity contribution in [3.63, 3.8) is 0 Å². The fourth-order valence-corrected chi connectivity index (χ4v) is 3.23. The van der Waals surface area contributed by atoms with E-state index in [0.717, 1.165) is 29.7 Å². The minimum absolute atomic E-state index is 0. The van der Waals surface area contributed by atoms with Gasteiger partial charge in [-0.3, -0.25) is 27.5 Å². The van der Waals surface area contributed by atoms with Crippen molar-refractivity contribution in [1.82, 2.24) is 30.8 Å². The largest absolute Gasteiger partial charge is 0.506 e. The lowest BCUT2D eigenvalue weighted by Crippen LogP contribution is -2.35. The Kier molecular flexibility index (Phi) is 15.6. The van der Waals surface area contributed by atoms with Gasteiger partial charge in [0.05, 0.1) is 12.4 Å². The Labute approximate surface area is 248 Å². The van der Waals surface area contributed by atoms with E-state index in [1.54, 1.807) is 24.5 Å². The fraction of sp³-hybridized carbons (Fsp3) is 0.143. The number of hydrogen-bond acceptors (Lipinski definition) is 14. The average Bonchev–Trinajstić information content (AvgIpc) is 3.07. The SMILES string of the molecule is CCc1cccnc1C#N.CCc1cccnc1C1=NNC(c2ccc(O)cn2)=NN1.N#Cc1ccc(O)cn1.NN.O. The highest BCUT2D eigenvalue weighted by Gasteiger charge is 2.15. The molecule has 0 fully saturated rings. The van der Waals surface area contributed by atoms with Crippen LogP contribution in [0.15, 0.2) is 83.5 Å². The Balaban J connectivity index is 0.000000352. The third kappa shape index (κ3) is 10.8. The van der Waals surface area contributed by atoms with Crippen LogP contribution in [0.4, 0.5) is 0 Å². The van der Waals surface area contributed by atoms with Crippen molar-refractivity contribution in [3.8, 4) is 23.6 Å². The highest BCUT2D eigenvalue weighted by atomic mass is 16.3. The molecule has 15 nitrogen and oxygen atoms in total. The molecular weight excluding hydrogens is 552 g/mol. The second-order valence-corrected chi connectivity index (χ2v) is 7.90. The van der Waals surface area contributed by atoms with Crippen LogP contribution in [0.1, 0.15) is 47.8 Å². The van der Waals surface area contributed by atoms with Crippen molar-refractivity contribution in [2.75, 3.05) is 0 Å². The number of nitrogens with zero attached hydrogens (tertiary/aromatic N) is 8. The zero-order valence-corrected chi connectivity index (χ0v) is 23.5. The zero-order chi connectivity index (χ0) is 30.7. The smallest absolute Gasteiger partial charge is 0.192 e. The molecule has 5 heterocycles. The number of aromatic nitrogens is 4. The molecule has 222 valence electrons. The van der Waals surface area contributed by atoms with Crippen LogP contribution in [-0.2, 0) is 12.8 Å². The second kappa shape index (κ2) is 19.1. The number of hydrazine groups is 1. The number of nitrogens with two attached hydrogens (primary N) is 2.